The Labute approximate surface area is 170 Å². The van der Waals surface area contributed by atoms with Crippen LogP contribution in [0.5, 0.6) is 5.75 Å². The lowest BCUT2D eigenvalue weighted by Crippen LogP contribution is -2.16. The summed E-state index contributed by atoms with van der Waals surface area (Å²) in [5, 5.41) is 10.7. The Kier molecular flexibility index (Phi) is 7.63. The highest BCUT2D eigenvalue weighted by molar-refractivity contribution is 6.00. The standard InChI is InChI=1S/C20H17NO9/c1-27-12-18(20(24)28-2)30-17-6-4-3-5-15(17)19(23)29-11-16(22)13-7-9-14(10-8-13)21(25)26/h3-10,12H,11H2,1-2H3/b18-12+. The molecular weight excluding hydrogens is 398 g/mol. The molecule has 0 saturated carbocycles. The van der Waals surface area contributed by atoms with Gasteiger partial charge >= 0.3 is 11.9 Å². The molecule has 10 nitrogen and oxygen atoms in total. The van der Waals surface area contributed by atoms with E-state index in [4.69, 9.17) is 14.2 Å². The number of nitrogens with zero attached hydrogens (tertiary/aromatic N) is 1. The van der Waals surface area contributed by atoms with Crippen molar-refractivity contribution in [2.75, 3.05) is 20.8 Å². The molecule has 2 aromatic rings. The predicted molar refractivity (Wildman–Crippen MR) is 102 cm³/mol. The summed E-state index contributed by atoms with van der Waals surface area (Å²) in [6, 6.07) is 10.8. The molecule has 10 heteroatoms. The number of nitro groups is 1. The number of carbonyl (C=O) groups excluding carboxylic acids is 3. The Balaban J connectivity index is 2.10. The number of benzene rings is 2. The SMILES string of the molecule is CO/C=C(/Oc1ccccc1C(=O)OCC(=O)c1ccc([N+](=O)[O-])cc1)C(=O)OC. The first-order valence-corrected chi connectivity index (χ1v) is 8.40. The van der Waals surface area contributed by atoms with Crippen LogP contribution in [-0.2, 0) is 19.0 Å². The lowest BCUT2D eigenvalue weighted by atomic mass is 10.1. The molecule has 0 saturated heterocycles. The summed E-state index contributed by atoms with van der Waals surface area (Å²) in [6.07, 6.45) is 1.01. The normalized spacial score (nSPS) is 10.7. The van der Waals surface area contributed by atoms with Gasteiger partial charge in [0, 0.05) is 17.7 Å². The molecule has 0 atom stereocenters. The summed E-state index contributed by atoms with van der Waals surface area (Å²) >= 11 is 0. The molecule has 0 amide bonds. The highest BCUT2D eigenvalue weighted by atomic mass is 16.6. The van der Waals surface area contributed by atoms with E-state index in [0.717, 1.165) is 13.4 Å². The Morgan fingerprint density at radius 3 is 2.30 bits per heavy atom. The van der Waals surface area contributed by atoms with Crippen LogP contribution >= 0.6 is 0 Å². The van der Waals surface area contributed by atoms with Crippen LogP contribution in [0.2, 0.25) is 0 Å². The molecule has 0 heterocycles. The van der Waals surface area contributed by atoms with Gasteiger partial charge in [-0.15, -0.1) is 0 Å². The maximum atomic E-state index is 12.4. The van der Waals surface area contributed by atoms with Gasteiger partial charge in [0.05, 0.1) is 19.1 Å². The Hall–Kier alpha value is -4.21. The fourth-order valence-electron chi connectivity index (χ4n) is 2.23. The molecule has 2 rings (SSSR count). The van der Waals surface area contributed by atoms with E-state index >= 15 is 0 Å². The van der Waals surface area contributed by atoms with Crippen molar-refractivity contribution in [2.45, 2.75) is 0 Å². The second kappa shape index (κ2) is 10.4. The first-order valence-electron chi connectivity index (χ1n) is 8.40. The summed E-state index contributed by atoms with van der Waals surface area (Å²) in [5.41, 5.74) is -0.0611. The fourth-order valence-corrected chi connectivity index (χ4v) is 2.23. The van der Waals surface area contributed by atoms with Gasteiger partial charge in [-0.1, -0.05) is 12.1 Å². The van der Waals surface area contributed by atoms with Crippen LogP contribution in [0.1, 0.15) is 20.7 Å². The molecule has 0 radical (unpaired) electrons. The second-order valence-electron chi connectivity index (χ2n) is 5.61. The van der Waals surface area contributed by atoms with Crippen molar-refractivity contribution in [3.05, 3.63) is 81.8 Å². The molecule has 0 aliphatic heterocycles. The van der Waals surface area contributed by atoms with Gasteiger partial charge in [0.2, 0.25) is 5.76 Å². The number of ketones is 1. The number of hydrogen-bond donors (Lipinski definition) is 0. The summed E-state index contributed by atoms with van der Waals surface area (Å²) in [7, 11) is 2.45. The molecule has 0 N–H and O–H groups in total. The zero-order chi connectivity index (χ0) is 22.1. The summed E-state index contributed by atoms with van der Waals surface area (Å²) in [4.78, 5) is 46.4. The van der Waals surface area contributed by atoms with Crippen LogP contribution in [0.3, 0.4) is 0 Å². The highest BCUT2D eigenvalue weighted by Gasteiger charge is 2.20. The molecule has 2 aromatic carbocycles. The number of Topliss-reactive ketones (excluding diaryl/α,β-unsaturated/α-hetero) is 1. The van der Waals surface area contributed by atoms with Crippen LogP contribution in [0, 0.1) is 10.1 Å². The molecule has 0 unspecified atom stereocenters. The largest absolute Gasteiger partial charge is 0.500 e. The molecule has 0 spiro atoms. The smallest absolute Gasteiger partial charge is 0.377 e. The van der Waals surface area contributed by atoms with E-state index in [9.17, 15) is 24.5 Å². The van der Waals surface area contributed by atoms with Gasteiger partial charge in [0.1, 0.15) is 17.6 Å². The van der Waals surface area contributed by atoms with Gasteiger partial charge in [0.25, 0.3) is 5.69 Å². The minimum atomic E-state index is -0.873. The second-order valence-corrected chi connectivity index (χ2v) is 5.61. The number of carbonyl (C=O) groups is 3. The van der Waals surface area contributed by atoms with Crippen LogP contribution in [0.15, 0.2) is 60.6 Å². The van der Waals surface area contributed by atoms with Crippen LogP contribution in [0.4, 0.5) is 5.69 Å². The first kappa shape index (κ1) is 22.1. The number of para-hydroxylation sites is 1. The molecule has 0 bridgehead atoms. The van der Waals surface area contributed by atoms with Crippen molar-refractivity contribution in [2.24, 2.45) is 0 Å². The van der Waals surface area contributed by atoms with Crippen molar-refractivity contribution in [1.82, 2.24) is 0 Å². The summed E-state index contributed by atoms with van der Waals surface area (Å²) < 4.78 is 19.8. The minimum Gasteiger partial charge on any atom is -0.500 e. The molecule has 156 valence electrons. The maximum Gasteiger partial charge on any atom is 0.377 e. The summed E-state index contributed by atoms with van der Waals surface area (Å²) in [5.74, 6) is -2.57. The highest BCUT2D eigenvalue weighted by Crippen LogP contribution is 2.22. The van der Waals surface area contributed by atoms with Gasteiger partial charge in [-0.25, -0.2) is 9.59 Å². The molecule has 0 fully saturated rings. The van der Waals surface area contributed by atoms with E-state index in [1.165, 1.54) is 43.5 Å². The number of non-ortho nitro benzene ring substituents is 1. The number of methoxy groups -OCH3 is 2. The van der Waals surface area contributed by atoms with Crippen molar-refractivity contribution in [1.29, 1.82) is 0 Å². The van der Waals surface area contributed by atoms with E-state index in [-0.39, 0.29) is 28.3 Å². The van der Waals surface area contributed by atoms with Gasteiger partial charge < -0.3 is 18.9 Å². The lowest BCUT2D eigenvalue weighted by molar-refractivity contribution is -0.384. The third-order valence-electron chi connectivity index (χ3n) is 3.67. The predicted octanol–water partition coefficient (Wildman–Crippen LogP) is 2.67. The van der Waals surface area contributed by atoms with Gasteiger partial charge in [-0.2, -0.15) is 0 Å². The number of rotatable bonds is 9. The van der Waals surface area contributed by atoms with Crippen LogP contribution in [-0.4, -0.2) is 43.5 Å². The third kappa shape index (κ3) is 5.64. The first-order chi connectivity index (χ1) is 14.4. The third-order valence-corrected chi connectivity index (χ3v) is 3.67. The van der Waals surface area contributed by atoms with Gasteiger partial charge in [-0.3, -0.25) is 14.9 Å². The number of ether oxygens (including phenoxy) is 4. The van der Waals surface area contributed by atoms with E-state index in [2.05, 4.69) is 4.74 Å². The molecular formula is C20H17NO9. The monoisotopic (exact) mass is 415 g/mol. The molecule has 30 heavy (non-hydrogen) atoms. The average Bonchev–Trinajstić information content (AvgIpc) is 2.76. The number of hydrogen-bond acceptors (Lipinski definition) is 9. The molecule has 0 aliphatic rings. The maximum absolute atomic E-state index is 12.4. The fraction of sp³-hybridized carbons (Fsp3) is 0.150. The molecule has 0 aromatic heterocycles. The van der Waals surface area contributed by atoms with E-state index in [1.807, 2.05) is 0 Å². The Bertz CT molecular complexity index is 980. The zero-order valence-corrected chi connectivity index (χ0v) is 16.0. The van der Waals surface area contributed by atoms with Gasteiger partial charge in [-0.05, 0) is 24.3 Å². The molecule has 0 aliphatic carbocycles. The minimum absolute atomic E-state index is 0.0148. The average molecular weight is 415 g/mol. The van der Waals surface area contributed by atoms with Crippen LogP contribution in [0.25, 0.3) is 0 Å². The quantitative estimate of drug-likeness (QED) is 0.151. The number of nitro benzene ring substituents is 1. The summed E-state index contributed by atoms with van der Waals surface area (Å²) in [6.45, 7) is -0.594. The van der Waals surface area contributed by atoms with E-state index in [0.29, 0.717) is 0 Å². The number of esters is 2. The topological polar surface area (TPSA) is 131 Å². The Morgan fingerprint density at radius 1 is 1.03 bits per heavy atom. The van der Waals surface area contributed by atoms with Crippen LogP contribution < -0.4 is 4.74 Å². The van der Waals surface area contributed by atoms with E-state index in [1.54, 1.807) is 12.1 Å². The lowest BCUT2D eigenvalue weighted by Gasteiger charge is -2.12. The zero-order valence-electron chi connectivity index (χ0n) is 16.0. The van der Waals surface area contributed by atoms with Crippen molar-refractivity contribution in [3.8, 4) is 5.75 Å². The van der Waals surface area contributed by atoms with Crippen molar-refractivity contribution in [3.63, 3.8) is 0 Å². The van der Waals surface area contributed by atoms with Crippen molar-refractivity contribution >= 4 is 23.4 Å². The van der Waals surface area contributed by atoms with Gasteiger partial charge in [0.15, 0.2) is 12.4 Å². The van der Waals surface area contributed by atoms with E-state index < -0.39 is 29.3 Å². The Morgan fingerprint density at radius 2 is 1.70 bits per heavy atom. The van der Waals surface area contributed by atoms with Crippen molar-refractivity contribution < 1.29 is 38.3 Å².